The Hall–Kier alpha value is -2.43. The van der Waals surface area contributed by atoms with Crippen molar-refractivity contribution >= 4 is 5.82 Å². The molecule has 1 fully saturated rings. The number of β-amino-alcohol motifs (C(OH)–C–C–N with tert-alkyl or cyclic N) is 1. The number of aryl methyl sites for hydroxylation is 1. The molecule has 23 heavy (non-hydrogen) atoms. The Kier molecular flexibility index (Phi) is 4.55. The Balaban J connectivity index is 1.82. The van der Waals surface area contributed by atoms with Crippen LogP contribution in [0.4, 0.5) is 5.82 Å². The summed E-state index contributed by atoms with van der Waals surface area (Å²) in [5.41, 5.74) is 2.33. The van der Waals surface area contributed by atoms with Gasteiger partial charge in [-0.2, -0.15) is 5.26 Å². The Labute approximate surface area is 135 Å². The molecule has 0 saturated carbocycles. The zero-order valence-electron chi connectivity index (χ0n) is 13.2. The second-order valence-electron chi connectivity index (χ2n) is 5.66. The highest BCUT2D eigenvalue weighted by Crippen LogP contribution is 2.19. The smallest absolute Gasteiger partial charge is 0.207 e. The highest BCUT2D eigenvalue weighted by atomic mass is 16.3. The maximum atomic E-state index is 9.36. The zero-order chi connectivity index (χ0) is 16.2. The van der Waals surface area contributed by atoms with Crippen molar-refractivity contribution in [3.8, 4) is 11.8 Å². The van der Waals surface area contributed by atoms with Gasteiger partial charge in [-0.25, -0.2) is 0 Å². The van der Waals surface area contributed by atoms with Crippen LogP contribution in [0.1, 0.15) is 11.3 Å². The van der Waals surface area contributed by atoms with Crippen LogP contribution in [0, 0.1) is 18.3 Å². The van der Waals surface area contributed by atoms with Gasteiger partial charge in [0.15, 0.2) is 5.82 Å². The van der Waals surface area contributed by atoms with Gasteiger partial charge in [0.1, 0.15) is 6.07 Å². The lowest BCUT2D eigenvalue weighted by Crippen LogP contribution is -2.47. The van der Waals surface area contributed by atoms with Gasteiger partial charge in [0.2, 0.25) is 5.69 Å². The molecule has 0 atom stereocenters. The number of aliphatic hydroxyl groups is 1. The minimum atomic E-state index is 0.174. The fourth-order valence-electron chi connectivity index (χ4n) is 2.78. The average molecular weight is 312 g/mol. The normalized spacial score (nSPS) is 15.6. The molecule has 0 bridgehead atoms. The predicted octanol–water partition coefficient (Wildman–Crippen LogP) is 0.562. The molecular formula is C16H20N6O. The number of benzene rings is 1. The first-order valence-electron chi connectivity index (χ1n) is 7.74. The molecular weight excluding hydrogens is 292 g/mol. The Morgan fingerprint density at radius 2 is 2.00 bits per heavy atom. The van der Waals surface area contributed by atoms with E-state index in [1.165, 1.54) is 4.80 Å². The van der Waals surface area contributed by atoms with Gasteiger partial charge in [0.25, 0.3) is 0 Å². The van der Waals surface area contributed by atoms with Crippen molar-refractivity contribution in [1.29, 1.82) is 5.26 Å². The van der Waals surface area contributed by atoms with E-state index in [9.17, 15) is 5.26 Å². The molecule has 7 heteroatoms. The monoisotopic (exact) mass is 312 g/mol. The standard InChI is InChI=1S/C16H20N6O/c1-13-3-2-4-14(11-13)22-18-15(12-17)16(19-22)21-7-5-20(6-8-21)9-10-23/h2-4,11,23H,5-10H2,1H3. The van der Waals surface area contributed by atoms with Crippen LogP contribution in [0.15, 0.2) is 24.3 Å². The van der Waals surface area contributed by atoms with Gasteiger partial charge in [-0.05, 0) is 24.6 Å². The average Bonchev–Trinajstić information content (AvgIpc) is 3.00. The van der Waals surface area contributed by atoms with Crippen molar-refractivity contribution in [3.63, 3.8) is 0 Å². The van der Waals surface area contributed by atoms with Gasteiger partial charge in [0, 0.05) is 32.7 Å². The van der Waals surface area contributed by atoms with E-state index in [1.54, 1.807) is 0 Å². The van der Waals surface area contributed by atoms with Crippen LogP contribution >= 0.6 is 0 Å². The summed E-state index contributed by atoms with van der Waals surface area (Å²) in [5, 5.41) is 27.2. The summed E-state index contributed by atoms with van der Waals surface area (Å²) >= 11 is 0. The molecule has 2 aromatic rings. The summed E-state index contributed by atoms with van der Waals surface area (Å²) in [5.74, 6) is 0.637. The van der Waals surface area contributed by atoms with E-state index in [1.807, 2.05) is 31.2 Å². The van der Waals surface area contributed by atoms with Crippen molar-refractivity contribution in [1.82, 2.24) is 19.9 Å². The quantitative estimate of drug-likeness (QED) is 0.888. The van der Waals surface area contributed by atoms with Crippen LogP contribution in [0.25, 0.3) is 5.69 Å². The lowest BCUT2D eigenvalue weighted by atomic mass is 10.2. The van der Waals surface area contributed by atoms with Gasteiger partial charge in [-0.15, -0.1) is 15.0 Å². The molecule has 0 spiro atoms. The molecule has 2 heterocycles. The van der Waals surface area contributed by atoms with Crippen molar-refractivity contribution in [2.24, 2.45) is 0 Å². The van der Waals surface area contributed by atoms with E-state index >= 15 is 0 Å². The fraction of sp³-hybridized carbons (Fsp3) is 0.438. The molecule has 7 nitrogen and oxygen atoms in total. The lowest BCUT2D eigenvalue weighted by molar-refractivity contribution is 0.188. The van der Waals surface area contributed by atoms with E-state index < -0.39 is 0 Å². The Bertz CT molecular complexity index is 712. The first kappa shape index (κ1) is 15.5. The molecule has 3 rings (SSSR count). The van der Waals surface area contributed by atoms with E-state index in [-0.39, 0.29) is 6.61 Å². The molecule has 1 aliphatic heterocycles. The number of nitrogens with zero attached hydrogens (tertiary/aromatic N) is 6. The Morgan fingerprint density at radius 3 is 2.65 bits per heavy atom. The fourth-order valence-corrected chi connectivity index (χ4v) is 2.78. The first-order valence-corrected chi connectivity index (χ1v) is 7.74. The van der Waals surface area contributed by atoms with Crippen LogP contribution in [0.2, 0.25) is 0 Å². The van der Waals surface area contributed by atoms with Gasteiger partial charge in [-0.3, -0.25) is 4.90 Å². The summed E-state index contributed by atoms with van der Waals surface area (Å²) in [6.45, 7) is 6.13. The van der Waals surface area contributed by atoms with E-state index in [2.05, 4.69) is 26.1 Å². The number of anilines is 1. The maximum absolute atomic E-state index is 9.36. The molecule has 1 aromatic carbocycles. The predicted molar refractivity (Wildman–Crippen MR) is 86.5 cm³/mol. The summed E-state index contributed by atoms with van der Waals surface area (Å²) in [7, 11) is 0. The van der Waals surface area contributed by atoms with Crippen molar-refractivity contribution in [2.75, 3.05) is 44.2 Å². The molecule has 0 aliphatic carbocycles. The van der Waals surface area contributed by atoms with Crippen LogP contribution in [0.3, 0.4) is 0 Å². The van der Waals surface area contributed by atoms with Gasteiger partial charge in [0.05, 0.1) is 12.3 Å². The summed E-state index contributed by atoms with van der Waals surface area (Å²) in [6.07, 6.45) is 0. The molecule has 0 radical (unpaired) electrons. The van der Waals surface area contributed by atoms with Gasteiger partial charge in [-0.1, -0.05) is 12.1 Å². The van der Waals surface area contributed by atoms with Crippen LogP contribution in [-0.4, -0.2) is 64.3 Å². The highest BCUT2D eigenvalue weighted by Gasteiger charge is 2.23. The van der Waals surface area contributed by atoms with E-state index in [0.29, 0.717) is 18.1 Å². The van der Waals surface area contributed by atoms with Crippen molar-refractivity contribution in [3.05, 3.63) is 35.5 Å². The van der Waals surface area contributed by atoms with Crippen molar-refractivity contribution in [2.45, 2.75) is 6.92 Å². The minimum absolute atomic E-state index is 0.174. The third-order valence-electron chi connectivity index (χ3n) is 4.02. The molecule has 0 unspecified atom stereocenters. The summed E-state index contributed by atoms with van der Waals surface area (Å²) in [6, 6.07) is 10.0. The van der Waals surface area contributed by atoms with Crippen molar-refractivity contribution < 1.29 is 5.11 Å². The molecule has 0 amide bonds. The topological polar surface area (TPSA) is 81.2 Å². The van der Waals surface area contributed by atoms with E-state index in [4.69, 9.17) is 5.11 Å². The second kappa shape index (κ2) is 6.77. The SMILES string of the molecule is Cc1cccc(-n2nc(C#N)c(N3CCN(CCO)CC3)n2)c1. The molecule has 1 aliphatic rings. The third kappa shape index (κ3) is 3.33. The van der Waals surface area contributed by atoms with E-state index in [0.717, 1.165) is 37.4 Å². The number of nitriles is 1. The highest BCUT2D eigenvalue weighted by molar-refractivity contribution is 5.50. The first-order chi connectivity index (χ1) is 11.2. The maximum Gasteiger partial charge on any atom is 0.207 e. The zero-order valence-corrected chi connectivity index (χ0v) is 13.2. The van der Waals surface area contributed by atoms with Gasteiger partial charge < -0.3 is 10.0 Å². The summed E-state index contributed by atoms with van der Waals surface area (Å²) < 4.78 is 0. The van der Waals surface area contributed by atoms with Crippen LogP contribution in [0.5, 0.6) is 0 Å². The van der Waals surface area contributed by atoms with Crippen LogP contribution < -0.4 is 4.90 Å². The summed E-state index contributed by atoms with van der Waals surface area (Å²) in [4.78, 5) is 5.82. The number of hydrogen-bond donors (Lipinski definition) is 1. The Morgan fingerprint density at radius 1 is 1.22 bits per heavy atom. The van der Waals surface area contributed by atoms with Gasteiger partial charge >= 0.3 is 0 Å². The largest absolute Gasteiger partial charge is 0.395 e. The molecule has 1 aromatic heterocycles. The number of rotatable bonds is 4. The third-order valence-corrected chi connectivity index (χ3v) is 4.02. The van der Waals surface area contributed by atoms with Crippen LogP contribution in [-0.2, 0) is 0 Å². The molecule has 1 N–H and O–H groups in total. The molecule has 1 saturated heterocycles. The number of piperazine rings is 1. The number of aliphatic hydroxyl groups excluding tert-OH is 1. The second-order valence-corrected chi connectivity index (χ2v) is 5.66. The lowest BCUT2D eigenvalue weighted by Gasteiger charge is -2.34. The molecule has 120 valence electrons. The number of hydrogen-bond acceptors (Lipinski definition) is 6. The minimum Gasteiger partial charge on any atom is -0.395 e. The number of aromatic nitrogens is 3.